The van der Waals surface area contributed by atoms with Crippen molar-refractivity contribution in [3.63, 3.8) is 0 Å². The van der Waals surface area contributed by atoms with Crippen LogP contribution in [0.15, 0.2) is 22.7 Å². The Labute approximate surface area is 115 Å². The van der Waals surface area contributed by atoms with Crippen LogP contribution in [0.25, 0.3) is 0 Å². The summed E-state index contributed by atoms with van der Waals surface area (Å²) in [6.45, 7) is 0. The second-order valence-electron chi connectivity index (χ2n) is 4.66. The molecule has 0 radical (unpaired) electrons. The maximum Gasteiger partial charge on any atom is 0.244 e. The third-order valence-corrected chi connectivity index (χ3v) is 4.06. The molecular weight excluding hydrogens is 296 g/mol. The van der Waals surface area contributed by atoms with Gasteiger partial charge in [0.2, 0.25) is 5.91 Å². The van der Waals surface area contributed by atoms with Crippen molar-refractivity contribution in [1.82, 2.24) is 0 Å². The van der Waals surface area contributed by atoms with Crippen LogP contribution >= 0.6 is 15.9 Å². The minimum absolute atomic E-state index is 0.117. The summed E-state index contributed by atoms with van der Waals surface area (Å²) in [5, 5.41) is 2.88. The standard InChI is InChI=1S/C13H17BrN2O2/c1-18-9-4-5-10(14)11(8-9)16-12(17)13(15)6-2-3-7-13/h4-5,8H,2-3,6-7,15H2,1H3,(H,16,17). The largest absolute Gasteiger partial charge is 0.497 e. The first kappa shape index (κ1) is 13.4. The van der Waals surface area contributed by atoms with Gasteiger partial charge in [0, 0.05) is 10.5 Å². The van der Waals surface area contributed by atoms with Crippen molar-refractivity contribution in [2.75, 3.05) is 12.4 Å². The molecule has 3 N–H and O–H groups in total. The highest BCUT2D eigenvalue weighted by Crippen LogP contribution is 2.31. The number of nitrogens with two attached hydrogens (primary N) is 1. The first-order valence-electron chi connectivity index (χ1n) is 5.99. The molecule has 0 heterocycles. The van der Waals surface area contributed by atoms with E-state index in [4.69, 9.17) is 10.5 Å². The average molecular weight is 313 g/mol. The van der Waals surface area contributed by atoms with Gasteiger partial charge >= 0.3 is 0 Å². The maximum atomic E-state index is 12.2. The van der Waals surface area contributed by atoms with Gasteiger partial charge in [0.25, 0.3) is 0 Å². The number of anilines is 1. The predicted molar refractivity (Wildman–Crippen MR) is 74.7 cm³/mol. The van der Waals surface area contributed by atoms with E-state index in [2.05, 4.69) is 21.2 Å². The van der Waals surface area contributed by atoms with Crippen LogP contribution in [0.4, 0.5) is 5.69 Å². The van der Waals surface area contributed by atoms with Crippen molar-refractivity contribution >= 4 is 27.5 Å². The van der Waals surface area contributed by atoms with Gasteiger partial charge < -0.3 is 15.8 Å². The first-order valence-corrected chi connectivity index (χ1v) is 6.78. The predicted octanol–water partition coefficient (Wildman–Crippen LogP) is 2.67. The van der Waals surface area contributed by atoms with Crippen molar-refractivity contribution in [1.29, 1.82) is 0 Å². The lowest BCUT2D eigenvalue weighted by molar-refractivity contribution is -0.121. The Balaban J connectivity index is 2.16. The molecule has 1 amide bonds. The zero-order chi connectivity index (χ0) is 13.2. The van der Waals surface area contributed by atoms with Crippen LogP contribution in [0.1, 0.15) is 25.7 Å². The molecule has 4 nitrogen and oxygen atoms in total. The minimum atomic E-state index is -0.720. The Bertz CT molecular complexity index is 456. The highest BCUT2D eigenvalue weighted by molar-refractivity contribution is 9.10. The van der Waals surface area contributed by atoms with E-state index >= 15 is 0 Å². The van der Waals surface area contributed by atoms with Crippen LogP contribution in [0.2, 0.25) is 0 Å². The maximum absolute atomic E-state index is 12.2. The molecule has 0 spiro atoms. The fourth-order valence-electron chi connectivity index (χ4n) is 2.21. The highest BCUT2D eigenvalue weighted by Gasteiger charge is 2.37. The van der Waals surface area contributed by atoms with E-state index in [-0.39, 0.29) is 5.91 Å². The van der Waals surface area contributed by atoms with Crippen molar-refractivity contribution in [2.24, 2.45) is 5.73 Å². The molecule has 18 heavy (non-hydrogen) atoms. The lowest BCUT2D eigenvalue weighted by Gasteiger charge is -2.22. The second-order valence-corrected chi connectivity index (χ2v) is 5.52. The fraction of sp³-hybridized carbons (Fsp3) is 0.462. The summed E-state index contributed by atoms with van der Waals surface area (Å²) in [4.78, 5) is 12.2. The van der Waals surface area contributed by atoms with Gasteiger partial charge in [-0.05, 0) is 40.9 Å². The molecule has 0 bridgehead atoms. The Hall–Kier alpha value is -1.07. The van der Waals surface area contributed by atoms with E-state index in [1.165, 1.54) is 0 Å². The number of methoxy groups -OCH3 is 1. The fourth-order valence-corrected chi connectivity index (χ4v) is 2.55. The molecule has 1 aromatic rings. The van der Waals surface area contributed by atoms with E-state index in [0.717, 1.165) is 30.2 Å². The summed E-state index contributed by atoms with van der Waals surface area (Å²) in [5.41, 5.74) is 6.08. The number of benzene rings is 1. The molecule has 1 aliphatic rings. The average Bonchev–Trinajstić information content (AvgIpc) is 2.80. The van der Waals surface area contributed by atoms with E-state index in [1.807, 2.05) is 12.1 Å². The molecule has 2 rings (SSSR count). The van der Waals surface area contributed by atoms with Crippen LogP contribution in [-0.4, -0.2) is 18.6 Å². The number of carbonyl (C=O) groups excluding carboxylic acids is 1. The number of nitrogens with one attached hydrogen (secondary N) is 1. The SMILES string of the molecule is COc1ccc(Br)c(NC(=O)C2(N)CCCC2)c1. The number of ether oxygens (including phenoxy) is 1. The Morgan fingerprint density at radius 2 is 2.11 bits per heavy atom. The number of amides is 1. The smallest absolute Gasteiger partial charge is 0.244 e. The van der Waals surface area contributed by atoms with Crippen molar-refractivity contribution in [2.45, 2.75) is 31.2 Å². The zero-order valence-electron chi connectivity index (χ0n) is 10.3. The van der Waals surface area contributed by atoms with E-state index in [1.54, 1.807) is 13.2 Å². The summed E-state index contributed by atoms with van der Waals surface area (Å²) in [6, 6.07) is 5.44. The second kappa shape index (κ2) is 5.28. The van der Waals surface area contributed by atoms with Crippen LogP contribution in [0, 0.1) is 0 Å². The lowest BCUT2D eigenvalue weighted by Crippen LogP contribution is -2.48. The third kappa shape index (κ3) is 2.67. The van der Waals surface area contributed by atoms with Crippen molar-refractivity contribution in [3.8, 4) is 5.75 Å². The summed E-state index contributed by atoms with van der Waals surface area (Å²) < 4.78 is 5.96. The molecule has 5 heteroatoms. The highest BCUT2D eigenvalue weighted by atomic mass is 79.9. The van der Waals surface area contributed by atoms with E-state index in [0.29, 0.717) is 11.4 Å². The first-order chi connectivity index (χ1) is 8.55. The van der Waals surface area contributed by atoms with Gasteiger partial charge in [-0.1, -0.05) is 12.8 Å². The lowest BCUT2D eigenvalue weighted by atomic mass is 9.98. The molecule has 1 saturated carbocycles. The molecule has 0 atom stereocenters. The number of halogens is 1. The summed E-state index contributed by atoms with van der Waals surface area (Å²) in [6.07, 6.45) is 3.53. The summed E-state index contributed by atoms with van der Waals surface area (Å²) in [5.74, 6) is 0.583. The van der Waals surface area contributed by atoms with Crippen LogP contribution in [0.3, 0.4) is 0 Å². The van der Waals surface area contributed by atoms with E-state index < -0.39 is 5.54 Å². The number of hydrogen-bond donors (Lipinski definition) is 2. The molecule has 98 valence electrons. The van der Waals surface area contributed by atoms with Crippen molar-refractivity contribution < 1.29 is 9.53 Å². The number of hydrogen-bond acceptors (Lipinski definition) is 3. The van der Waals surface area contributed by atoms with E-state index in [9.17, 15) is 4.79 Å². The summed E-state index contributed by atoms with van der Waals surface area (Å²) >= 11 is 3.40. The van der Waals surface area contributed by atoms with Crippen LogP contribution < -0.4 is 15.8 Å². The monoisotopic (exact) mass is 312 g/mol. The quantitative estimate of drug-likeness (QED) is 0.902. The third-order valence-electron chi connectivity index (χ3n) is 3.37. The number of rotatable bonds is 3. The molecule has 1 fully saturated rings. The van der Waals surface area contributed by atoms with Gasteiger partial charge in [0.05, 0.1) is 18.3 Å². The Morgan fingerprint density at radius 1 is 1.44 bits per heavy atom. The molecule has 0 saturated heterocycles. The molecule has 1 aliphatic carbocycles. The van der Waals surface area contributed by atoms with Gasteiger partial charge in [-0.3, -0.25) is 4.79 Å². The van der Waals surface area contributed by atoms with Gasteiger partial charge in [-0.15, -0.1) is 0 Å². The van der Waals surface area contributed by atoms with Crippen molar-refractivity contribution in [3.05, 3.63) is 22.7 Å². The van der Waals surface area contributed by atoms with Gasteiger partial charge in [-0.2, -0.15) is 0 Å². The van der Waals surface area contributed by atoms with Gasteiger partial charge in [0.15, 0.2) is 0 Å². The Kier molecular flexibility index (Phi) is 3.92. The molecule has 0 aromatic heterocycles. The number of carbonyl (C=O) groups is 1. The normalized spacial score (nSPS) is 17.5. The zero-order valence-corrected chi connectivity index (χ0v) is 11.9. The Morgan fingerprint density at radius 3 is 2.72 bits per heavy atom. The summed E-state index contributed by atoms with van der Waals surface area (Å²) in [7, 11) is 1.59. The molecule has 1 aromatic carbocycles. The van der Waals surface area contributed by atoms with Crippen LogP contribution in [-0.2, 0) is 4.79 Å². The topological polar surface area (TPSA) is 64.3 Å². The molecular formula is C13H17BrN2O2. The molecule has 0 aliphatic heterocycles. The minimum Gasteiger partial charge on any atom is -0.497 e. The van der Waals surface area contributed by atoms with Gasteiger partial charge in [-0.25, -0.2) is 0 Å². The molecule has 0 unspecified atom stereocenters. The van der Waals surface area contributed by atoms with Crippen LogP contribution in [0.5, 0.6) is 5.75 Å². The van der Waals surface area contributed by atoms with Gasteiger partial charge in [0.1, 0.15) is 5.75 Å².